The van der Waals surface area contributed by atoms with Crippen molar-refractivity contribution in [2.24, 2.45) is 0 Å². The van der Waals surface area contributed by atoms with E-state index in [1.165, 1.54) is 23.8 Å². The van der Waals surface area contributed by atoms with Crippen LogP contribution in [0.3, 0.4) is 0 Å². The summed E-state index contributed by atoms with van der Waals surface area (Å²) in [5.74, 6) is -0.306. The Kier molecular flexibility index (Phi) is 3.44. The molecule has 0 aliphatic rings. The first-order chi connectivity index (χ1) is 10.2. The fourth-order valence-electron chi connectivity index (χ4n) is 2.42. The number of aryl methyl sites for hydroxylation is 1. The zero-order valence-electron chi connectivity index (χ0n) is 12.1. The Balaban J connectivity index is 2.05. The standard InChI is InChI=1S/C19H16O2/c1-13-3-5-14(6-4-13)15-7-8-17-12-18(19(20)21-2)10-9-16(17)11-15/h3-12H,1-2H3. The van der Waals surface area contributed by atoms with E-state index in [-0.39, 0.29) is 5.97 Å². The second-order valence-electron chi connectivity index (χ2n) is 5.13. The molecule has 0 amide bonds. The molecule has 3 rings (SSSR count). The van der Waals surface area contributed by atoms with Gasteiger partial charge in [-0.25, -0.2) is 4.79 Å². The van der Waals surface area contributed by atoms with Crippen LogP contribution in [-0.2, 0) is 4.74 Å². The summed E-state index contributed by atoms with van der Waals surface area (Å²) in [6.45, 7) is 2.08. The minimum Gasteiger partial charge on any atom is -0.465 e. The zero-order chi connectivity index (χ0) is 14.8. The molecule has 0 aliphatic carbocycles. The highest BCUT2D eigenvalue weighted by atomic mass is 16.5. The van der Waals surface area contributed by atoms with Crippen molar-refractivity contribution in [3.63, 3.8) is 0 Å². The summed E-state index contributed by atoms with van der Waals surface area (Å²) in [5.41, 5.74) is 4.20. The van der Waals surface area contributed by atoms with E-state index >= 15 is 0 Å². The van der Waals surface area contributed by atoms with Gasteiger partial charge in [0, 0.05) is 0 Å². The molecule has 0 heterocycles. The highest BCUT2D eigenvalue weighted by molar-refractivity contribution is 5.96. The van der Waals surface area contributed by atoms with Crippen molar-refractivity contribution in [3.8, 4) is 11.1 Å². The molecule has 0 aromatic heterocycles. The number of fused-ring (bicyclic) bond motifs is 1. The van der Waals surface area contributed by atoms with Crippen molar-refractivity contribution in [1.29, 1.82) is 0 Å². The Morgan fingerprint density at radius 1 is 0.810 bits per heavy atom. The van der Waals surface area contributed by atoms with Gasteiger partial charge in [0.25, 0.3) is 0 Å². The van der Waals surface area contributed by atoms with E-state index in [4.69, 9.17) is 4.74 Å². The van der Waals surface area contributed by atoms with Crippen molar-refractivity contribution in [2.75, 3.05) is 7.11 Å². The molecule has 0 N–H and O–H groups in total. The lowest BCUT2D eigenvalue weighted by molar-refractivity contribution is 0.0601. The van der Waals surface area contributed by atoms with Crippen LogP contribution in [0.5, 0.6) is 0 Å². The molecule has 2 heteroatoms. The van der Waals surface area contributed by atoms with Gasteiger partial charge in [-0.1, -0.05) is 48.0 Å². The Morgan fingerprint density at radius 3 is 2.14 bits per heavy atom. The smallest absolute Gasteiger partial charge is 0.337 e. The lowest BCUT2D eigenvalue weighted by atomic mass is 9.99. The van der Waals surface area contributed by atoms with Gasteiger partial charge in [-0.2, -0.15) is 0 Å². The number of esters is 1. The number of hydrogen-bond acceptors (Lipinski definition) is 2. The van der Waals surface area contributed by atoms with Crippen molar-refractivity contribution < 1.29 is 9.53 Å². The molecular weight excluding hydrogens is 260 g/mol. The van der Waals surface area contributed by atoms with E-state index in [0.29, 0.717) is 5.56 Å². The molecule has 0 unspecified atom stereocenters. The molecule has 0 saturated carbocycles. The number of carbonyl (C=O) groups is 1. The third kappa shape index (κ3) is 2.65. The van der Waals surface area contributed by atoms with Crippen LogP contribution >= 0.6 is 0 Å². The van der Waals surface area contributed by atoms with Gasteiger partial charge in [0.05, 0.1) is 12.7 Å². The third-order valence-corrected chi connectivity index (χ3v) is 3.65. The number of ether oxygens (including phenoxy) is 1. The Labute approximate surface area is 124 Å². The Bertz CT molecular complexity index is 801. The van der Waals surface area contributed by atoms with Gasteiger partial charge in [0.2, 0.25) is 0 Å². The van der Waals surface area contributed by atoms with Crippen LogP contribution in [0.1, 0.15) is 15.9 Å². The van der Waals surface area contributed by atoms with Crippen molar-refractivity contribution in [3.05, 3.63) is 71.8 Å². The van der Waals surface area contributed by atoms with Gasteiger partial charge in [0.15, 0.2) is 0 Å². The normalized spacial score (nSPS) is 10.6. The summed E-state index contributed by atoms with van der Waals surface area (Å²) in [6.07, 6.45) is 0. The van der Waals surface area contributed by atoms with Gasteiger partial charge >= 0.3 is 5.97 Å². The predicted molar refractivity (Wildman–Crippen MR) is 85.5 cm³/mol. The number of rotatable bonds is 2. The first kappa shape index (κ1) is 13.4. The molecular formula is C19H16O2. The monoisotopic (exact) mass is 276 g/mol. The van der Waals surface area contributed by atoms with Crippen LogP contribution < -0.4 is 0 Å². The minimum atomic E-state index is -0.306. The molecule has 0 atom stereocenters. The van der Waals surface area contributed by atoms with Gasteiger partial charge in [-0.05, 0) is 47.0 Å². The van der Waals surface area contributed by atoms with Gasteiger partial charge in [-0.3, -0.25) is 0 Å². The van der Waals surface area contributed by atoms with Crippen LogP contribution in [0.4, 0.5) is 0 Å². The van der Waals surface area contributed by atoms with Crippen LogP contribution in [0.25, 0.3) is 21.9 Å². The first-order valence-electron chi connectivity index (χ1n) is 6.86. The molecule has 3 aromatic rings. The maximum atomic E-state index is 11.6. The summed E-state index contributed by atoms with van der Waals surface area (Å²) >= 11 is 0. The number of methoxy groups -OCH3 is 1. The number of carbonyl (C=O) groups excluding carboxylic acids is 1. The van der Waals surface area contributed by atoms with E-state index in [9.17, 15) is 4.79 Å². The number of hydrogen-bond donors (Lipinski definition) is 0. The fourth-order valence-corrected chi connectivity index (χ4v) is 2.42. The van der Waals surface area contributed by atoms with E-state index < -0.39 is 0 Å². The fraction of sp³-hybridized carbons (Fsp3) is 0.105. The molecule has 2 nitrogen and oxygen atoms in total. The molecule has 0 spiro atoms. The second kappa shape index (κ2) is 5.41. The predicted octanol–water partition coefficient (Wildman–Crippen LogP) is 4.60. The SMILES string of the molecule is COC(=O)c1ccc2cc(-c3ccc(C)cc3)ccc2c1. The van der Waals surface area contributed by atoms with Crippen molar-refractivity contribution >= 4 is 16.7 Å². The summed E-state index contributed by atoms with van der Waals surface area (Å²) in [7, 11) is 1.40. The summed E-state index contributed by atoms with van der Waals surface area (Å²) in [4.78, 5) is 11.6. The van der Waals surface area contributed by atoms with Crippen molar-refractivity contribution in [1.82, 2.24) is 0 Å². The van der Waals surface area contributed by atoms with Crippen LogP contribution in [0.2, 0.25) is 0 Å². The maximum Gasteiger partial charge on any atom is 0.337 e. The summed E-state index contributed by atoms with van der Waals surface area (Å²) in [6, 6.07) is 20.3. The van der Waals surface area contributed by atoms with Crippen molar-refractivity contribution in [2.45, 2.75) is 6.92 Å². The van der Waals surface area contributed by atoms with Crippen LogP contribution in [-0.4, -0.2) is 13.1 Å². The topological polar surface area (TPSA) is 26.3 Å². The quantitative estimate of drug-likeness (QED) is 0.639. The van der Waals surface area contributed by atoms with Gasteiger partial charge < -0.3 is 4.74 Å². The zero-order valence-corrected chi connectivity index (χ0v) is 12.1. The largest absolute Gasteiger partial charge is 0.465 e. The Morgan fingerprint density at radius 2 is 1.43 bits per heavy atom. The van der Waals surface area contributed by atoms with Crippen LogP contribution in [0, 0.1) is 6.92 Å². The maximum absolute atomic E-state index is 11.6. The highest BCUT2D eigenvalue weighted by Crippen LogP contribution is 2.25. The van der Waals surface area contributed by atoms with Gasteiger partial charge in [0.1, 0.15) is 0 Å². The number of benzene rings is 3. The lowest BCUT2D eigenvalue weighted by Crippen LogP contribution is -2.00. The molecule has 0 fully saturated rings. The third-order valence-electron chi connectivity index (χ3n) is 3.65. The second-order valence-corrected chi connectivity index (χ2v) is 5.13. The summed E-state index contributed by atoms with van der Waals surface area (Å²) in [5, 5.41) is 2.15. The minimum absolute atomic E-state index is 0.306. The Hall–Kier alpha value is -2.61. The lowest BCUT2D eigenvalue weighted by Gasteiger charge is -2.06. The molecule has 21 heavy (non-hydrogen) atoms. The molecule has 0 saturated heterocycles. The van der Waals surface area contributed by atoms with E-state index in [1.807, 2.05) is 18.2 Å². The van der Waals surface area contributed by atoms with E-state index in [2.05, 4.69) is 43.3 Å². The average Bonchev–Trinajstić information content (AvgIpc) is 2.54. The highest BCUT2D eigenvalue weighted by Gasteiger charge is 2.06. The summed E-state index contributed by atoms with van der Waals surface area (Å²) < 4.78 is 4.75. The average molecular weight is 276 g/mol. The van der Waals surface area contributed by atoms with Crippen LogP contribution in [0.15, 0.2) is 60.7 Å². The molecule has 0 radical (unpaired) electrons. The molecule has 3 aromatic carbocycles. The molecule has 0 aliphatic heterocycles. The van der Waals surface area contributed by atoms with E-state index in [0.717, 1.165) is 10.8 Å². The van der Waals surface area contributed by atoms with E-state index in [1.54, 1.807) is 6.07 Å². The molecule has 104 valence electrons. The van der Waals surface area contributed by atoms with Gasteiger partial charge in [-0.15, -0.1) is 0 Å². The first-order valence-corrected chi connectivity index (χ1v) is 6.86. The molecule has 0 bridgehead atoms.